The van der Waals surface area contributed by atoms with Crippen molar-refractivity contribution < 1.29 is 27.9 Å². The average molecular weight is 458 g/mol. The van der Waals surface area contributed by atoms with Gasteiger partial charge in [0, 0.05) is 19.7 Å². The molecule has 0 amide bonds. The quantitative estimate of drug-likeness (QED) is 0.676. The molecule has 1 aromatic carbocycles. The van der Waals surface area contributed by atoms with Crippen LogP contribution in [0, 0.1) is 23.6 Å². The van der Waals surface area contributed by atoms with Gasteiger partial charge in [0.2, 0.25) is 0 Å². The molecule has 0 radical (unpaired) electrons. The molecule has 7 rings (SSSR count). The third kappa shape index (κ3) is 3.16. The number of fused-ring (bicyclic) bond motifs is 3. The summed E-state index contributed by atoms with van der Waals surface area (Å²) in [5, 5.41) is 3.82. The molecule has 1 spiro atoms. The molecule has 9 heteroatoms. The standard InChI is InChI=1S/C24H28FN3O5/c1-14-28(13-24(32-14)19-12-31-26-23(19)33-24)21-8-15(25)5-6-20(21)27-9-16-17(10-27)18(16)11-30-22-4-2-3-7-29-22/h5-6,8,12,14,16-18,22H,2-4,7,9-11,13H2,1H3/t14?,16-,17?,18+,22?,24+/m1/s1. The Morgan fingerprint density at radius 2 is 2.09 bits per heavy atom. The Labute approximate surface area is 191 Å². The SMILES string of the molecule is CC1O[C@@]2(CN1c1cc(F)ccc1N1CC3[C@@H](COC4CCCCO4)[C@@H]3C1)Oc1nocc12. The van der Waals surface area contributed by atoms with Crippen LogP contribution < -0.4 is 14.5 Å². The molecule has 1 aliphatic carbocycles. The van der Waals surface area contributed by atoms with E-state index in [2.05, 4.69) is 15.0 Å². The second kappa shape index (κ2) is 7.32. The van der Waals surface area contributed by atoms with E-state index in [1.54, 1.807) is 18.4 Å². The third-order valence-corrected chi connectivity index (χ3v) is 7.96. The molecule has 3 saturated heterocycles. The van der Waals surface area contributed by atoms with E-state index in [1.807, 2.05) is 13.0 Å². The summed E-state index contributed by atoms with van der Waals surface area (Å²) in [7, 11) is 0. The second-order valence-corrected chi connectivity index (χ2v) is 9.89. The number of hydrogen-bond donors (Lipinski definition) is 0. The smallest absolute Gasteiger partial charge is 0.267 e. The van der Waals surface area contributed by atoms with Crippen molar-refractivity contribution in [3.63, 3.8) is 0 Å². The third-order valence-electron chi connectivity index (χ3n) is 7.96. The maximum Gasteiger partial charge on any atom is 0.267 e. The predicted molar refractivity (Wildman–Crippen MR) is 115 cm³/mol. The fraction of sp³-hybridized carbons (Fsp3) is 0.625. The number of aromatic nitrogens is 1. The number of ether oxygens (including phenoxy) is 4. The van der Waals surface area contributed by atoms with Crippen LogP contribution in [0.3, 0.4) is 0 Å². The summed E-state index contributed by atoms with van der Waals surface area (Å²) in [6.45, 7) is 5.93. The molecule has 176 valence electrons. The zero-order valence-corrected chi connectivity index (χ0v) is 18.6. The van der Waals surface area contributed by atoms with Crippen LogP contribution in [0.25, 0.3) is 0 Å². The van der Waals surface area contributed by atoms with Gasteiger partial charge >= 0.3 is 0 Å². The Balaban J connectivity index is 1.05. The number of anilines is 2. The van der Waals surface area contributed by atoms with Gasteiger partial charge in [0.15, 0.2) is 6.29 Å². The molecule has 0 N–H and O–H groups in total. The van der Waals surface area contributed by atoms with Crippen molar-refractivity contribution in [3.8, 4) is 5.88 Å². The lowest BCUT2D eigenvalue weighted by molar-refractivity contribution is -0.202. The van der Waals surface area contributed by atoms with Gasteiger partial charge in [0.1, 0.15) is 23.9 Å². The molecule has 4 aliphatic heterocycles. The highest BCUT2D eigenvalue weighted by atomic mass is 19.1. The normalized spacial score (nSPS) is 36.5. The van der Waals surface area contributed by atoms with Crippen molar-refractivity contribution in [1.29, 1.82) is 0 Å². The highest BCUT2D eigenvalue weighted by molar-refractivity contribution is 5.73. The molecule has 3 unspecified atom stereocenters. The van der Waals surface area contributed by atoms with E-state index in [9.17, 15) is 4.39 Å². The molecule has 0 bridgehead atoms. The van der Waals surface area contributed by atoms with Gasteiger partial charge < -0.3 is 33.3 Å². The number of benzene rings is 1. The summed E-state index contributed by atoms with van der Waals surface area (Å²) in [4.78, 5) is 4.45. The molecule has 6 atom stereocenters. The van der Waals surface area contributed by atoms with Crippen LogP contribution >= 0.6 is 0 Å². The van der Waals surface area contributed by atoms with Crippen molar-refractivity contribution in [3.05, 3.63) is 35.8 Å². The van der Waals surface area contributed by atoms with E-state index in [0.29, 0.717) is 30.2 Å². The first kappa shape index (κ1) is 20.1. The number of piperidine rings is 1. The van der Waals surface area contributed by atoms with Gasteiger partial charge in [-0.15, -0.1) is 0 Å². The van der Waals surface area contributed by atoms with Crippen molar-refractivity contribution in [2.24, 2.45) is 17.8 Å². The van der Waals surface area contributed by atoms with Crippen molar-refractivity contribution in [2.75, 3.05) is 42.6 Å². The molecular formula is C24H28FN3O5. The van der Waals surface area contributed by atoms with Gasteiger partial charge in [-0.1, -0.05) is 0 Å². The van der Waals surface area contributed by atoms with E-state index in [4.69, 9.17) is 23.5 Å². The molecule has 1 saturated carbocycles. The van der Waals surface area contributed by atoms with E-state index in [1.165, 1.54) is 6.42 Å². The summed E-state index contributed by atoms with van der Waals surface area (Å²) >= 11 is 0. The molecule has 33 heavy (non-hydrogen) atoms. The van der Waals surface area contributed by atoms with Gasteiger partial charge in [-0.3, -0.25) is 0 Å². The number of nitrogens with zero attached hydrogens (tertiary/aromatic N) is 3. The van der Waals surface area contributed by atoms with Crippen LogP contribution in [0.4, 0.5) is 15.8 Å². The lowest BCUT2D eigenvalue weighted by Gasteiger charge is -2.34. The predicted octanol–water partition coefficient (Wildman–Crippen LogP) is 3.47. The lowest BCUT2D eigenvalue weighted by Crippen LogP contribution is -2.44. The van der Waals surface area contributed by atoms with Crippen LogP contribution in [0.5, 0.6) is 5.88 Å². The summed E-state index contributed by atoms with van der Waals surface area (Å²) < 4.78 is 43.1. The molecule has 2 aromatic rings. The summed E-state index contributed by atoms with van der Waals surface area (Å²) in [6, 6.07) is 5.03. The van der Waals surface area contributed by atoms with Gasteiger partial charge in [0.05, 0.1) is 24.5 Å². The fourth-order valence-corrected chi connectivity index (χ4v) is 6.08. The molecule has 5 heterocycles. The van der Waals surface area contributed by atoms with Crippen molar-refractivity contribution >= 4 is 11.4 Å². The van der Waals surface area contributed by atoms with Crippen LogP contribution in [0.1, 0.15) is 31.7 Å². The zero-order valence-electron chi connectivity index (χ0n) is 18.6. The fourth-order valence-electron chi connectivity index (χ4n) is 6.08. The Hall–Kier alpha value is -2.36. The van der Waals surface area contributed by atoms with Crippen LogP contribution in [0.15, 0.2) is 29.0 Å². The highest BCUT2D eigenvalue weighted by Gasteiger charge is 2.59. The largest absolute Gasteiger partial charge is 0.436 e. The van der Waals surface area contributed by atoms with Crippen LogP contribution in [-0.2, 0) is 20.0 Å². The minimum atomic E-state index is -0.894. The molecule has 5 aliphatic rings. The van der Waals surface area contributed by atoms with E-state index in [-0.39, 0.29) is 18.3 Å². The Kier molecular flexibility index (Phi) is 4.45. The monoisotopic (exact) mass is 457 g/mol. The molecular weight excluding hydrogens is 429 g/mol. The maximum atomic E-state index is 14.3. The summed E-state index contributed by atoms with van der Waals surface area (Å²) in [5.41, 5.74) is 2.68. The first-order valence-corrected chi connectivity index (χ1v) is 12.0. The van der Waals surface area contributed by atoms with Crippen LogP contribution in [0.2, 0.25) is 0 Å². The zero-order chi connectivity index (χ0) is 22.2. The van der Waals surface area contributed by atoms with Crippen molar-refractivity contribution in [1.82, 2.24) is 5.16 Å². The summed E-state index contributed by atoms with van der Waals surface area (Å²) in [6.07, 6.45) is 4.59. The minimum Gasteiger partial charge on any atom is -0.436 e. The first-order chi connectivity index (χ1) is 16.1. The van der Waals surface area contributed by atoms with Crippen molar-refractivity contribution in [2.45, 2.75) is 44.5 Å². The first-order valence-electron chi connectivity index (χ1n) is 12.0. The second-order valence-electron chi connectivity index (χ2n) is 9.89. The van der Waals surface area contributed by atoms with Crippen LogP contribution in [-0.4, -0.2) is 50.5 Å². The van der Waals surface area contributed by atoms with E-state index < -0.39 is 5.79 Å². The molecule has 4 fully saturated rings. The maximum absolute atomic E-state index is 14.3. The van der Waals surface area contributed by atoms with E-state index in [0.717, 1.165) is 56.1 Å². The number of rotatable bonds is 5. The Morgan fingerprint density at radius 3 is 2.88 bits per heavy atom. The lowest BCUT2D eigenvalue weighted by atomic mass is 10.1. The Bertz CT molecular complexity index is 1050. The van der Waals surface area contributed by atoms with Gasteiger partial charge in [-0.2, -0.15) is 0 Å². The topological polar surface area (TPSA) is 69.4 Å². The number of hydrogen-bond acceptors (Lipinski definition) is 8. The molecule has 1 aromatic heterocycles. The minimum absolute atomic E-state index is 0.0245. The van der Waals surface area contributed by atoms with E-state index >= 15 is 0 Å². The highest BCUT2D eigenvalue weighted by Crippen LogP contribution is 2.55. The average Bonchev–Trinajstić information content (AvgIpc) is 3.19. The van der Waals surface area contributed by atoms with Gasteiger partial charge in [-0.05, 0) is 67.3 Å². The Morgan fingerprint density at radius 1 is 1.21 bits per heavy atom. The van der Waals surface area contributed by atoms with Gasteiger partial charge in [0.25, 0.3) is 11.7 Å². The number of halogens is 1. The molecule has 8 nitrogen and oxygen atoms in total. The summed E-state index contributed by atoms with van der Waals surface area (Å²) in [5.74, 6) is 1.16. The van der Waals surface area contributed by atoms with Gasteiger partial charge in [-0.25, -0.2) is 4.39 Å².